The molecule has 0 aliphatic carbocycles. The Kier molecular flexibility index (Phi) is 6.50. The zero-order valence-electron chi connectivity index (χ0n) is 17.6. The number of carbonyl (C=O) groups excluding carboxylic acids is 1. The van der Waals surface area contributed by atoms with Crippen molar-refractivity contribution in [2.75, 3.05) is 23.1 Å². The summed E-state index contributed by atoms with van der Waals surface area (Å²) >= 11 is 0. The summed E-state index contributed by atoms with van der Waals surface area (Å²) in [5, 5.41) is 2.70. The lowest BCUT2D eigenvalue weighted by atomic mass is 10.2. The van der Waals surface area contributed by atoms with Crippen LogP contribution in [0.2, 0.25) is 0 Å². The van der Waals surface area contributed by atoms with Crippen LogP contribution in [-0.4, -0.2) is 40.1 Å². The Morgan fingerprint density at radius 3 is 2.06 bits per heavy atom. The van der Waals surface area contributed by atoms with Crippen molar-refractivity contribution in [2.45, 2.75) is 22.6 Å². The van der Waals surface area contributed by atoms with Gasteiger partial charge in [0.1, 0.15) is 0 Å². The quantitative estimate of drug-likeness (QED) is 0.532. The Hall–Kier alpha value is -3.21. The molecular formula is C23H23N3O5S2. The van der Waals surface area contributed by atoms with E-state index in [4.69, 9.17) is 0 Å². The summed E-state index contributed by atoms with van der Waals surface area (Å²) in [5.41, 5.74) is 0.922. The van der Waals surface area contributed by atoms with Gasteiger partial charge in [-0.2, -0.15) is 4.31 Å². The molecule has 0 atom stereocenters. The van der Waals surface area contributed by atoms with Gasteiger partial charge in [-0.05, 0) is 67.4 Å². The zero-order valence-corrected chi connectivity index (χ0v) is 19.3. The maximum Gasteiger partial charge on any atom is 0.261 e. The van der Waals surface area contributed by atoms with Gasteiger partial charge in [-0.3, -0.25) is 9.52 Å². The molecule has 8 nitrogen and oxygen atoms in total. The highest BCUT2D eigenvalue weighted by molar-refractivity contribution is 7.92. The second-order valence-corrected chi connectivity index (χ2v) is 11.2. The van der Waals surface area contributed by atoms with E-state index in [9.17, 15) is 21.6 Å². The Morgan fingerprint density at radius 1 is 0.727 bits per heavy atom. The molecule has 33 heavy (non-hydrogen) atoms. The number of rotatable bonds is 7. The number of carbonyl (C=O) groups is 1. The molecule has 4 rings (SSSR count). The van der Waals surface area contributed by atoms with Gasteiger partial charge in [0.05, 0.1) is 9.79 Å². The number of nitrogens with one attached hydrogen (secondary N) is 2. The van der Waals surface area contributed by atoms with E-state index in [-0.39, 0.29) is 21.0 Å². The summed E-state index contributed by atoms with van der Waals surface area (Å²) in [5.74, 6) is -0.453. The van der Waals surface area contributed by atoms with Gasteiger partial charge in [0.25, 0.3) is 15.9 Å². The number of nitrogens with zero attached hydrogens (tertiary/aromatic N) is 1. The topological polar surface area (TPSA) is 113 Å². The van der Waals surface area contributed by atoms with E-state index in [2.05, 4.69) is 10.0 Å². The highest BCUT2D eigenvalue weighted by Crippen LogP contribution is 2.23. The number of sulfonamides is 2. The molecular weight excluding hydrogens is 462 g/mol. The van der Waals surface area contributed by atoms with E-state index >= 15 is 0 Å². The summed E-state index contributed by atoms with van der Waals surface area (Å²) in [6.45, 7) is 1.04. The van der Waals surface area contributed by atoms with Gasteiger partial charge >= 0.3 is 0 Å². The Balaban J connectivity index is 1.46. The second kappa shape index (κ2) is 9.34. The van der Waals surface area contributed by atoms with Gasteiger partial charge in [0, 0.05) is 30.0 Å². The fourth-order valence-electron chi connectivity index (χ4n) is 3.53. The van der Waals surface area contributed by atoms with E-state index in [1.807, 2.05) is 0 Å². The minimum absolute atomic E-state index is 0.115. The first kappa shape index (κ1) is 23.0. The molecule has 3 aromatic carbocycles. The normalized spacial score (nSPS) is 14.7. The third kappa shape index (κ3) is 5.24. The van der Waals surface area contributed by atoms with Crippen molar-refractivity contribution >= 4 is 37.3 Å². The monoisotopic (exact) mass is 485 g/mol. The molecule has 0 spiro atoms. The van der Waals surface area contributed by atoms with Crippen molar-refractivity contribution in [3.8, 4) is 0 Å². The largest absolute Gasteiger partial charge is 0.322 e. The van der Waals surface area contributed by atoms with E-state index in [0.29, 0.717) is 18.8 Å². The highest BCUT2D eigenvalue weighted by atomic mass is 32.2. The van der Waals surface area contributed by atoms with Crippen LogP contribution in [0.15, 0.2) is 88.7 Å². The van der Waals surface area contributed by atoms with Crippen LogP contribution in [0.5, 0.6) is 0 Å². The molecule has 1 aliphatic rings. The standard InChI is InChI=1S/C23H23N3O5S2/c27-23(24-19-11-13-22(14-12-19)33(30,31)26-15-4-5-16-26)18-7-6-8-20(17-18)25-32(28,29)21-9-2-1-3-10-21/h1-3,6-14,17,25H,4-5,15-16H2,(H,24,27). The molecule has 0 radical (unpaired) electrons. The van der Waals surface area contributed by atoms with Crippen LogP contribution in [-0.2, 0) is 20.0 Å². The lowest BCUT2D eigenvalue weighted by Crippen LogP contribution is -2.27. The number of amides is 1. The van der Waals surface area contributed by atoms with Crippen molar-refractivity contribution in [1.82, 2.24) is 4.31 Å². The molecule has 1 heterocycles. The average Bonchev–Trinajstić information content (AvgIpc) is 3.36. The summed E-state index contributed by atoms with van der Waals surface area (Å²) in [6, 6.07) is 20.0. The van der Waals surface area contributed by atoms with Crippen LogP contribution in [0, 0.1) is 0 Å². The van der Waals surface area contributed by atoms with Crippen molar-refractivity contribution in [3.63, 3.8) is 0 Å². The predicted octanol–water partition coefficient (Wildman–Crippen LogP) is 3.52. The third-order valence-corrected chi connectivity index (χ3v) is 8.56. The first-order valence-electron chi connectivity index (χ1n) is 10.4. The zero-order chi connectivity index (χ0) is 23.5. The molecule has 1 saturated heterocycles. The lowest BCUT2D eigenvalue weighted by molar-refractivity contribution is 0.102. The number of hydrogen-bond donors (Lipinski definition) is 2. The van der Waals surface area contributed by atoms with Gasteiger partial charge < -0.3 is 5.32 Å². The second-order valence-electron chi connectivity index (χ2n) is 7.59. The van der Waals surface area contributed by atoms with Crippen LogP contribution in [0.1, 0.15) is 23.2 Å². The molecule has 0 saturated carbocycles. The molecule has 172 valence electrons. The maximum atomic E-state index is 12.7. The van der Waals surface area contributed by atoms with E-state index in [1.165, 1.54) is 46.8 Å². The Bertz CT molecular complexity index is 1350. The molecule has 0 aromatic heterocycles. The van der Waals surface area contributed by atoms with Gasteiger partial charge in [-0.15, -0.1) is 0 Å². The smallest absolute Gasteiger partial charge is 0.261 e. The third-order valence-electron chi connectivity index (χ3n) is 5.25. The first-order valence-corrected chi connectivity index (χ1v) is 13.3. The van der Waals surface area contributed by atoms with E-state index in [1.54, 1.807) is 36.4 Å². The van der Waals surface area contributed by atoms with Crippen LogP contribution in [0.4, 0.5) is 11.4 Å². The van der Waals surface area contributed by atoms with Gasteiger partial charge in [-0.25, -0.2) is 16.8 Å². The van der Waals surface area contributed by atoms with E-state index in [0.717, 1.165) is 12.8 Å². The van der Waals surface area contributed by atoms with Crippen LogP contribution < -0.4 is 10.0 Å². The van der Waals surface area contributed by atoms with E-state index < -0.39 is 26.0 Å². The predicted molar refractivity (Wildman–Crippen MR) is 126 cm³/mol. The molecule has 1 aliphatic heterocycles. The average molecular weight is 486 g/mol. The van der Waals surface area contributed by atoms with Gasteiger partial charge in [0.15, 0.2) is 0 Å². The molecule has 10 heteroatoms. The molecule has 2 N–H and O–H groups in total. The van der Waals surface area contributed by atoms with Gasteiger partial charge in [0.2, 0.25) is 10.0 Å². The molecule has 0 unspecified atom stereocenters. The van der Waals surface area contributed by atoms with Gasteiger partial charge in [-0.1, -0.05) is 24.3 Å². The summed E-state index contributed by atoms with van der Waals surface area (Å²) in [6.07, 6.45) is 1.71. The number of hydrogen-bond acceptors (Lipinski definition) is 5. The summed E-state index contributed by atoms with van der Waals surface area (Å²) in [7, 11) is -7.31. The minimum Gasteiger partial charge on any atom is -0.322 e. The van der Waals surface area contributed by atoms with Crippen molar-refractivity contribution in [3.05, 3.63) is 84.4 Å². The molecule has 0 bridgehead atoms. The number of anilines is 2. The van der Waals surface area contributed by atoms with Crippen LogP contribution in [0.25, 0.3) is 0 Å². The molecule has 1 fully saturated rings. The fourth-order valence-corrected chi connectivity index (χ4v) is 6.12. The minimum atomic E-state index is -3.78. The van der Waals surface area contributed by atoms with Crippen LogP contribution in [0.3, 0.4) is 0 Å². The Labute approximate surface area is 193 Å². The van der Waals surface area contributed by atoms with Crippen molar-refractivity contribution in [2.24, 2.45) is 0 Å². The SMILES string of the molecule is O=C(Nc1ccc(S(=O)(=O)N2CCCC2)cc1)c1cccc(NS(=O)(=O)c2ccccc2)c1. The van der Waals surface area contributed by atoms with Crippen molar-refractivity contribution in [1.29, 1.82) is 0 Å². The number of benzene rings is 3. The highest BCUT2D eigenvalue weighted by Gasteiger charge is 2.27. The molecule has 1 amide bonds. The fraction of sp³-hybridized carbons (Fsp3) is 0.174. The van der Waals surface area contributed by atoms with Crippen molar-refractivity contribution < 1.29 is 21.6 Å². The lowest BCUT2D eigenvalue weighted by Gasteiger charge is -2.15. The molecule has 3 aromatic rings. The summed E-state index contributed by atoms with van der Waals surface area (Å²) < 4.78 is 54.2. The summed E-state index contributed by atoms with van der Waals surface area (Å²) in [4.78, 5) is 13.0. The first-order chi connectivity index (χ1) is 15.8. The maximum absolute atomic E-state index is 12.7. The van der Waals surface area contributed by atoms with Crippen LogP contribution >= 0.6 is 0 Å². The Morgan fingerprint density at radius 2 is 1.39 bits per heavy atom.